The van der Waals surface area contributed by atoms with Crippen LogP contribution in [0.2, 0.25) is 4.34 Å². The van der Waals surface area contributed by atoms with E-state index in [2.05, 4.69) is 15.5 Å². The molecule has 0 bridgehead atoms. The fourth-order valence-corrected chi connectivity index (χ4v) is 6.48. The van der Waals surface area contributed by atoms with Gasteiger partial charge in [0.05, 0.1) is 27.1 Å². The van der Waals surface area contributed by atoms with Crippen LogP contribution < -0.4 is 15.5 Å². The molecule has 2 aromatic rings. The van der Waals surface area contributed by atoms with Crippen LogP contribution in [-0.4, -0.2) is 68.1 Å². The molecule has 5 rings (SSSR count). The minimum absolute atomic E-state index is 0.00212. The number of alkyl halides is 3. The molecule has 0 spiro atoms. The third-order valence-electron chi connectivity index (χ3n) is 8.28. The standard InChI is InChI=1S/C29H34ClF3N4O4S/c30-25-10-9-24(42-25)28(40)34-14-23(36(15-18-3-1-4-18)16-19-5-2-6-19)27(39)35-20-7-8-22(21(13-20)29(31,32)33)37-11-12-41-17-26(37)38/h7-10,13,18-19,23H,1-6,11-12,14-17H2,(H,34,40)(H,35,39)/t23-/m0/s1. The van der Waals surface area contributed by atoms with Gasteiger partial charge in [0.2, 0.25) is 5.91 Å². The Morgan fingerprint density at radius 2 is 1.79 bits per heavy atom. The van der Waals surface area contributed by atoms with Crippen molar-refractivity contribution in [2.24, 2.45) is 11.8 Å². The number of rotatable bonds is 11. The van der Waals surface area contributed by atoms with Gasteiger partial charge < -0.3 is 20.3 Å². The van der Waals surface area contributed by atoms with E-state index in [1.807, 2.05) is 0 Å². The molecule has 1 atom stereocenters. The van der Waals surface area contributed by atoms with E-state index in [1.54, 1.807) is 12.1 Å². The summed E-state index contributed by atoms with van der Waals surface area (Å²) in [7, 11) is 0. The van der Waals surface area contributed by atoms with Crippen molar-refractivity contribution < 1.29 is 32.3 Å². The quantitative estimate of drug-likeness (QED) is 0.348. The van der Waals surface area contributed by atoms with E-state index in [1.165, 1.54) is 12.1 Å². The molecule has 2 saturated carbocycles. The van der Waals surface area contributed by atoms with Crippen molar-refractivity contribution in [1.29, 1.82) is 0 Å². The number of carbonyl (C=O) groups is 3. The molecule has 2 N–H and O–H groups in total. The second kappa shape index (κ2) is 13.3. The average Bonchev–Trinajstić information content (AvgIpc) is 3.33. The molecule has 2 aliphatic carbocycles. The van der Waals surface area contributed by atoms with Gasteiger partial charge in [0.15, 0.2) is 0 Å². The molecule has 42 heavy (non-hydrogen) atoms. The number of benzene rings is 1. The summed E-state index contributed by atoms with van der Waals surface area (Å²) in [4.78, 5) is 42.5. The number of carbonyl (C=O) groups excluding carboxylic acids is 3. The van der Waals surface area contributed by atoms with Crippen LogP contribution in [0.4, 0.5) is 24.5 Å². The smallest absolute Gasteiger partial charge is 0.370 e. The van der Waals surface area contributed by atoms with Crippen molar-refractivity contribution in [3.05, 3.63) is 45.1 Å². The number of nitrogens with zero attached hydrogens (tertiary/aromatic N) is 2. The summed E-state index contributed by atoms with van der Waals surface area (Å²) in [6.07, 6.45) is 1.75. The van der Waals surface area contributed by atoms with Crippen molar-refractivity contribution in [3.63, 3.8) is 0 Å². The minimum Gasteiger partial charge on any atom is -0.370 e. The second-order valence-electron chi connectivity index (χ2n) is 11.2. The van der Waals surface area contributed by atoms with Crippen molar-refractivity contribution in [2.75, 3.05) is 49.6 Å². The molecule has 3 fully saturated rings. The van der Waals surface area contributed by atoms with E-state index in [-0.39, 0.29) is 43.6 Å². The largest absolute Gasteiger partial charge is 0.418 e. The van der Waals surface area contributed by atoms with Crippen LogP contribution in [0, 0.1) is 11.8 Å². The Hall–Kier alpha value is -2.67. The fourth-order valence-electron chi connectivity index (χ4n) is 5.52. The van der Waals surface area contributed by atoms with Gasteiger partial charge in [-0.2, -0.15) is 13.2 Å². The number of hydrogen-bond acceptors (Lipinski definition) is 6. The summed E-state index contributed by atoms with van der Waals surface area (Å²) in [6.45, 7) is 1.19. The van der Waals surface area contributed by atoms with Gasteiger partial charge in [-0.05, 0) is 67.9 Å². The first-order valence-electron chi connectivity index (χ1n) is 14.3. The zero-order valence-electron chi connectivity index (χ0n) is 23.1. The maximum absolute atomic E-state index is 14.1. The van der Waals surface area contributed by atoms with Gasteiger partial charge in [0, 0.05) is 31.9 Å². The highest BCUT2D eigenvalue weighted by Crippen LogP contribution is 2.39. The Labute approximate surface area is 251 Å². The molecule has 0 unspecified atom stereocenters. The number of amides is 3. The van der Waals surface area contributed by atoms with Crippen LogP contribution >= 0.6 is 22.9 Å². The summed E-state index contributed by atoms with van der Waals surface area (Å²) in [5.41, 5.74) is -1.33. The molecule has 3 aliphatic rings. The van der Waals surface area contributed by atoms with Crippen LogP contribution in [0.5, 0.6) is 0 Å². The van der Waals surface area contributed by atoms with Crippen LogP contribution in [0.15, 0.2) is 30.3 Å². The molecule has 1 aromatic heterocycles. The van der Waals surface area contributed by atoms with Gasteiger partial charge in [-0.3, -0.25) is 19.3 Å². The van der Waals surface area contributed by atoms with Crippen molar-refractivity contribution in [1.82, 2.24) is 10.2 Å². The maximum Gasteiger partial charge on any atom is 0.418 e. The summed E-state index contributed by atoms with van der Waals surface area (Å²) >= 11 is 7.12. The predicted octanol–water partition coefficient (Wildman–Crippen LogP) is 5.42. The van der Waals surface area contributed by atoms with Gasteiger partial charge in [0.1, 0.15) is 12.6 Å². The van der Waals surface area contributed by atoms with E-state index in [0.717, 1.165) is 60.8 Å². The Kier molecular flexibility index (Phi) is 9.76. The molecular formula is C29H34ClF3N4O4S. The molecule has 13 heteroatoms. The third kappa shape index (κ3) is 7.45. The fraction of sp³-hybridized carbons (Fsp3) is 0.552. The second-order valence-corrected chi connectivity index (χ2v) is 12.9. The van der Waals surface area contributed by atoms with Crippen LogP contribution in [0.3, 0.4) is 0 Å². The molecular weight excluding hydrogens is 593 g/mol. The molecule has 0 radical (unpaired) electrons. The third-order valence-corrected chi connectivity index (χ3v) is 9.51. The molecule has 1 saturated heterocycles. The molecule has 228 valence electrons. The van der Waals surface area contributed by atoms with Gasteiger partial charge in [0.25, 0.3) is 11.8 Å². The van der Waals surface area contributed by atoms with E-state index in [0.29, 0.717) is 34.1 Å². The van der Waals surface area contributed by atoms with Gasteiger partial charge in [-0.25, -0.2) is 0 Å². The van der Waals surface area contributed by atoms with E-state index < -0.39 is 29.6 Å². The van der Waals surface area contributed by atoms with Crippen LogP contribution in [0.25, 0.3) is 0 Å². The van der Waals surface area contributed by atoms with Gasteiger partial charge in [-0.15, -0.1) is 11.3 Å². The lowest BCUT2D eigenvalue weighted by atomic mass is 9.82. The van der Waals surface area contributed by atoms with E-state index in [4.69, 9.17) is 16.3 Å². The zero-order chi connectivity index (χ0) is 29.9. The normalized spacial score (nSPS) is 18.9. The Balaban J connectivity index is 1.38. The topological polar surface area (TPSA) is 91.0 Å². The van der Waals surface area contributed by atoms with Gasteiger partial charge in [-0.1, -0.05) is 24.4 Å². The molecule has 3 amide bonds. The highest BCUT2D eigenvalue weighted by molar-refractivity contribution is 7.18. The monoisotopic (exact) mass is 626 g/mol. The lowest BCUT2D eigenvalue weighted by molar-refractivity contribution is -0.137. The molecule has 1 aliphatic heterocycles. The number of anilines is 2. The van der Waals surface area contributed by atoms with Gasteiger partial charge >= 0.3 is 6.18 Å². The Morgan fingerprint density at radius 3 is 2.33 bits per heavy atom. The SMILES string of the molecule is O=C(NC[C@@H](C(=O)Nc1ccc(N2CCOCC2=O)c(C(F)(F)F)c1)N(CC1CCC1)CC1CCC1)c1ccc(Cl)s1. The van der Waals surface area contributed by atoms with E-state index >= 15 is 0 Å². The summed E-state index contributed by atoms with van der Waals surface area (Å²) in [6, 6.07) is 5.88. The number of morpholine rings is 1. The number of halogens is 4. The Bertz CT molecular complexity index is 1280. The first-order chi connectivity index (χ1) is 20.1. The van der Waals surface area contributed by atoms with Crippen molar-refractivity contribution in [2.45, 2.75) is 50.7 Å². The summed E-state index contributed by atoms with van der Waals surface area (Å²) in [5, 5.41) is 5.53. The average molecular weight is 627 g/mol. The van der Waals surface area contributed by atoms with E-state index in [9.17, 15) is 27.6 Å². The lowest BCUT2D eigenvalue weighted by Gasteiger charge is -2.40. The highest BCUT2D eigenvalue weighted by atomic mass is 35.5. The number of ether oxygens (including phenoxy) is 1. The molecule has 2 heterocycles. The summed E-state index contributed by atoms with van der Waals surface area (Å²) < 4.78 is 47.9. The molecule has 1 aromatic carbocycles. The first-order valence-corrected chi connectivity index (χ1v) is 15.5. The van der Waals surface area contributed by atoms with Crippen molar-refractivity contribution >= 4 is 52.0 Å². The maximum atomic E-state index is 14.1. The van der Waals surface area contributed by atoms with Crippen molar-refractivity contribution in [3.8, 4) is 0 Å². The highest BCUT2D eigenvalue weighted by Gasteiger charge is 2.38. The minimum atomic E-state index is -4.76. The van der Waals surface area contributed by atoms with Crippen LogP contribution in [-0.2, 0) is 20.5 Å². The summed E-state index contributed by atoms with van der Waals surface area (Å²) in [5.74, 6) is -0.546. The predicted molar refractivity (Wildman–Crippen MR) is 155 cm³/mol. The molecule has 8 nitrogen and oxygen atoms in total. The Morgan fingerprint density at radius 1 is 1.10 bits per heavy atom. The number of thiophene rings is 1. The first kappa shape index (κ1) is 30.8. The number of nitrogens with one attached hydrogen (secondary N) is 2. The zero-order valence-corrected chi connectivity index (χ0v) is 24.6. The lowest BCUT2D eigenvalue weighted by Crippen LogP contribution is -2.54. The van der Waals surface area contributed by atoms with Crippen LogP contribution in [0.1, 0.15) is 53.8 Å². The number of hydrogen-bond donors (Lipinski definition) is 2.